The molecule has 11 heteroatoms. The Hall–Kier alpha value is -4.20. The van der Waals surface area contributed by atoms with Crippen LogP contribution in [0.25, 0.3) is 0 Å². The van der Waals surface area contributed by atoms with Crippen molar-refractivity contribution < 1.29 is 28.7 Å². The number of hydrogen-bond donors (Lipinski definition) is 2. The van der Waals surface area contributed by atoms with Crippen LogP contribution < -0.4 is 5.32 Å². The zero-order chi connectivity index (χ0) is 24.6. The molecule has 2 N–H and O–H groups in total. The predicted octanol–water partition coefficient (Wildman–Crippen LogP) is 3.77. The van der Waals surface area contributed by atoms with Crippen LogP contribution in [0.4, 0.5) is 10.5 Å². The summed E-state index contributed by atoms with van der Waals surface area (Å²) in [5, 5.41) is 16.4. The Morgan fingerprint density at radius 2 is 2.03 bits per heavy atom. The Kier molecular flexibility index (Phi) is 5.72. The van der Waals surface area contributed by atoms with E-state index in [0.29, 0.717) is 33.4 Å². The zero-order valence-electron chi connectivity index (χ0n) is 18.2. The number of halogens is 1. The molecular formula is C24H17ClN4O6. The maximum atomic E-state index is 12.3. The molecule has 4 heterocycles. The highest BCUT2D eigenvalue weighted by atomic mass is 35.5. The van der Waals surface area contributed by atoms with Crippen molar-refractivity contribution in [1.29, 1.82) is 0 Å². The van der Waals surface area contributed by atoms with Crippen LogP contribution in [0.5, 0.6) is 0 Å². The third kappa shape index (κ3) is 4.23. The Labute approximate surface area is 204 Å². The van der Waals surface area contributed by atoms with Gasteiger partial charge in [0.15, 0.2) is 16.9 Å². The van der Waals surface area contributed by atoms with E-state index in [0.717, 1.165) is 0 Å². The smallest absolute Gasteiger partial charge is 0.412 e. The number of rotatable bonds is 5. The molecule has 1 unspecified atom stereocenters. The van der Waals surface area contributed by atoms with Crippen LogP contribution in [0, 0.1) is 17.3 Å². The minimum absolute atomic E-state index is 0.0795. The van der Waals surface area contributed by atoms with Gasteiger partial charge in [0, 0.05) is 16.2 Å². The van der Waals surface area contributed by atoms with E-state index in [-0.39, 0.29) is 24.6 Å². The lowest BCUT2D eigenvalue weighted by Gasteiger charge is -2.36. The van der Waals surface area contributed by atoms with E-state index >= 15 is 0 Å². The molecule has 0 radical (unpaired) electrons. The number of ether oxygens (including phenoxy) is 2. The number of amidine groups is 1. The third-order valence-corrected chi connectivity index (χ3v) is 5.98. The number of amides is 1. The summed E-state index contributed by atoms with van der Waals surface area (Å²) in [5.74, 6) is 5.06. The molecule has 1 aromatic carbocycles. The van der Waals surface area contributed by atoms with E-state index < -0.39 is 23.6 Å². The number of nitrogens with zero attached hydrogens (tertiary/aromatic N) is 3. The monoisotopic (exact) mass is 492 g/mol. The van der Waals surface area contributed by atoms with Gasteiger partial charge in [0.1, 0.15) is 23.8 Å². The highest BCUT2D eigenvalue weighted by Crippen LogP contribution is 2.41. The van der Waals surface area contributed by atoms with Gasteiger partial charge in [-0.2, -0.15) is 0 Å². The summed E-state index contributed by atoms with van der Waals surface area (Å²) in [7, 11) is 0. The van der Waals surface area contributed by atoms with Crippen molar-refractivity contribution in [3.63, 3.8) is 0 Å². The number of aromatic nitrogens is 1. The first-order valence-corrected chi connectivity index (χ1v) is 10.8. The van der Waals surface area contributed by atoms with Gasteiger partial charge in [0.25, 0.3) is 0 Å². The van der Waals surface area contributed by atoms with Crippen molar-refractivity contribution in [3.8, 4) is 11.8 Å². The van der Waals surface area contributed by atoms with E-state index in [1.54, 1.807) is 43.3 Å². The number of carbonyl (C=O) groups excluding carboxylic acids is 1. The van der Waals surface area contributed by atoms with Crippen LogP contribution in [0.2, 0.25) is 5.02 Å². The molecular weight excluding hydrogens is 476 g/mol. The normalized spacial score (nSPS) is 18.0. The Balaban J connectivity index is 1.24. The lowest BCUT2D eigenvalue weighted by molar-refractivity contribution is -0.171. The summed E-state index contributed by atoms with van der Waals surface area (Å²) in [5.41, 5.74) is 1.46. The van der Waals surface area contributed by atoms with Crippen LogP contribution in [-0.4, -0.2) is 47.1 Å². The number of aliphatic imine (C=N–C) groups is 2. The molecule has 35 heavy (non-hydrogen) atoms. The highest BCUT2D eigenvalue weighted by Gasteiger charge is 2.51. The van der Waals surface area contributed by atoms with Crippen LogP contribution in [0.3, 0.4) is 0 Å². The van der Waals surface area contributed by atoms with Crippen molar-refractivity contribution in [2.75, 3.05) is 18.5 Å². The molecule has 0 spiro atoms. The van der Waals surface area contributed by atoms with Crippen LogP contribution in [0.15, 0.2) is 68.5 Å². The van der Waals surface area contributed by atoms with E-state index in [4.69, 9.17) is 25.6 Å². The first-order valence-electron chi connectivity index (χ1n) is 10.5. The summed E-state index contributed by atoms with van der Waals surface area (Å²) in [6, 6.07) is 7.07. The molecule has 176 valence electrons. The first kappa shape index (κ1) is 22.6. The van der Waals surface area contributed by atoms with Gasteiger partial charge >= 0.3 is 12.1 Å². The number of fused-ring (bicyclic) bond motifs is 1. The summed E-state index contributed by atoms with van der Waals surface area (Å²) in [4.78, 5) is 32.7. The number of carbonyl (C=O) groups is 2. The van der Waals surface area contributed by atoms with Gasteiger partial charge in [-0.1, -0.05) is 35.0 Å². The summed E-state index contributed by atoms with van der Waals surface area (Å²) < 4.78 is 15.4. The molecule has 5 rings (SSSR count). The molecule has 0 bridgehead atoms. The average Bonchev–Trinajstić information content (AvgIpc) is 3.46. The summed E-state index contributed by atoms with van der Waals surface area (Å²) >= 11 is 6.15. The Bertz CT molecular complexity index is 1420. The van der Waals surface area contributed by atoms with Gasteiger partial charge in [-0.25, -0.2) is 14.8 Å². The zero-order valence-corrected chi connectivity index (χ0v) is 19.0. The minimum atomic E-state index is -1.13. The van der Waals surface area contributed by atoms with Gasteiger partial charge in [-0.15, -0.1) is 0 Å². The third-order valence-electron chi connectivity index (χ3n) is 5.63. The Morgan fingerprint density at radius 1 is 1.23 bits per heavy atom. The molecule has 1 amide bonds. The van der Waals surface area contributed by atoms with Crippen molar-refractivity contribution in [1.82, 2.24) is 5.16 Å². The summed E-state index contributed by atoms with van der Waals surface area (Å²) in [6.07, 6.45) is 3.31. The molecule has 1 aromatic heterocycles. The van der Waals surface area contributed by atoms with Crippen molar-refractivity contribution >= 4 is 40.9 Å². The fraction of sp³-hybridized carbons (Fsp3) is 0.208. The molecule has 10 nitrogen and oxygen atoms in total. The molecule has 1 fully saturated rings. The van der Waals surface area contributed by atoms with E-state index in [9.17, 15) is 14.7 Å². The molecule has 2 aromatic rings. The van der Waals surface area contributed by atoms with E-state index in [2.05, 4.69) is 32.3 Å². The molecule has 1 saturated heterocycles. The number of nitrogens with one attached hydrogen (secondary N) is 1. The van der Waals surface area contributed by atoms with Gasteiger partial charge in [0.05, 0.1) is 18.9 Å². The van der Waals surface area contributed by atoms with Crippen LogP contribution in [-0.2, 0) is 14.3 Å². The van der Waals surface area contributed by atoms with Crippen molar-refractivity contribution in [2.45, 2.75) is 13.0 Å². The quantitative estimate of drug-likeness (QED) is 0.606. The maximum absolute atomic E-state index is 12.3. The number of anilines is 1. The largest absolute Gasteiger partial charge is 0.480 e. The van der Waals surface area contributed by atoms with Gasteiger partial charge in [0.2, 0.25) is 0 Å². The second-order valence-electron chi connectivity index (χ2n) is 7.96. The van der Waals surface area contributed by atoms with E-state index in [1.165, 1.54) is 6.26 Å². The standard InChI is InChI=1S/C24H17ClN4O6/c1-13(16-4-2-3-5-17(16)25)35-23(32)27-19-10-34-29-18(19)7-6-15-8-14-9-20(28-21(14)26-15)24(22(30)31)11-33-12-24/h2-5,8-10,13H,11-12H2,1H3,(H,27,32)(H,30,31). The minimum Gasteiger partial charge on any atom is -0.480 e. The molecule has 3 aliphatic rings. The maximum Gasteiger partial charge on any atom is 0.412 e. The lowest BCUT2D eigenvalue weighted by Crippen LogP contribution is -2.49. The summed E-state index contributed by atoms with van der Waals surface area (Å²) in [6.45, 7) is 1.86. The molecule has 0 saturated carbocycles. The van der Waals surface area contributed by atoms with Crippen LogP contribution in [0.1, 0.15) is 24.3 Å². The fourth-order valence-electron chi connectivity index (χ4n) is 3.62. The number of allylic oxidation sites excluding steroid dienone is 1. The fourth-order valence-corrected chi connectivity index (χ4v) is 3.90. The second-order valence-corrected chi connectivity index (χ2v) is 8.37. The topological polar surface area (TPSA) is 136 Å². The second kappa shape index (κ2) is 8.87. The predicted molar refractivity (Wildman–Crippen MR) is 125 cm³/mol. The van der Waals surface area contributed by atoms with Gasteiger partial charge in [-0.3, -0.25) is 10.1 Å². The number of carboxylic acid groups (broad SMARTS) is 1. The van der Waals surface area contributed by atoms with Gasteiger partial charge in [-0.05, 0) is 37.0 Å². The number of hydrogen-bond acceptors (Lipinski definition) is 8. The molecule has 0 aliphatic carbocycles. The number of benzene rings is 1. The Morgan fingerprint density at radius 3 is 2.71 bits per heavy atom. The molecule has 1 atom stereocenters. The average molecular weight is 493 g/mol. The van der Waals surface area contributed by atoms with Crippen molar-refractivity contribution in [2.24, 2.45) is 15.4 Å². The SMILES string of the molecule is CC(OC(=O)Nc1conc1C#CC1=NC2=NC(C3(C(=O)O)COC3)=CC2=C1)c1ccccc1Cl. The number of carboxylic acids is 1. The van der Waals surface area contributed by atoms with Gasteiger partial charge < -0.3 is 19.1 Å². The van der Waals surface area contributed by atoms with Crippen molar-refractivity contribution in [3.05, 3.63) is 70.2 Å². The first-order chi connectivity index (χ1) is 16.9. The molecule has 3 aliphatic heterocycles. The van der Waals surface area contributed by atoms with E-state index in [1.807, 2.05) is 0 Å². The highest BCUT2D eigenvalue weighted by molar-refractivity contribution is 6.31. The number of aliphatic carboxylic acids is 1. The lowest BCUT2D eigenvalue weighted by atomic mass is 9.82. The van der Waals surface area contributed by atoms with Crippen LogP contribution >= 0.6 is 11.6 Å².